The van der Waals surface area contributed by atoms with Gasteiger partial charge in [0.2, 0.25) is 0 Å². The fourth-order valence-electron chi connectivity index (χ4n) is 1.98. The zero-order valence-electron chi connectivity index (χ0n) is 13.8. The molecule has 11 nitrogen and oxygen atoms in total. The second-order valence-corrected chi connectivity index (χ2v) is 6.70. The maximum atomic E-state index is 11.3. The van der Waals surface area contributed by atoms with Crippen LogP contribution in [0.4, 0.5) is 5.82 Å². The Labute approximate surface area is 143 Å². The molecular formula is C13H18N2O9S. The number of esters is 2. The Hall–Kier alpha value is -2.47. The lowest BCUT2D eigenvalue weighted by molar-refractivity contribution is -0.392. The smallest absolute Gasteiger partial charge is 0.323 e. The fourth-order valence-corrected chi connectivity index (χ4v) is 2.37. The largest absolute Gasteiger partial charge is 0.456 e. The van der Waals surface area contributed by atoms with Gasteiger partial charge in [0.05, 0.1) is 12.5 Å². The molecule has 0 saturated heterocycles. The molecule has 0 radical (unpaired) electrons. The first kappa shape index (κ1) is 20.6. The summed E-state index contributed by atoms with van der Waals surface area (Å²) in [6, 6.07) is 2.65. The Balaban J connectivity index is 3.08. The molecule has 0 spiro atoms. The number of nitro groups is 1. The summed E-state index contributed by atoms with van der Waals surface area (Å²) in [5.74, 6) is -1.78. The van der Waals surface area contributed by atoms with Crippen LogP contribution in [-0.4, -0.2) is 54.9 Å². The molecule has 0 aliphatic heterocycles. The van der Waals surface area contributed by atoms with Crippen molar-refractivity contribution in [3.63, 3.8) is 0 Å². The molecule has 2 atom stereocenters. The van der Waals surface area contributed by atoms with E-state index in [0.717, 1.165) is 20.1 Å². The van der Waals surface area contributed by atoms with Gasteiger partial charge in [0, 0.05) is 19.9 Å². The van der Waals surface area contributed by atoms with Crippen molar-refractivity contribution in [2.24, 2.45) is 0 Å². The number of carbonyl (C=O) groups excluding carboxylic acids is 2. The third-order valence-electron chi connectivity index (χ3n) is 2.87. The van der Waals surface area contributed by atoms with Gasteiger partial charge in [0.15, 0.2) is 12.2 Å². The van der Waals surface area contributed by atoms with E-state index >= 15 is 0 Å². The molecular weight excluding hydrogens is 360 g/mol. The quantitative estimate of drug-likeness (QED) is 0.255. The third-order valence-corrected chi connectivity index (χ3v) is 3.43. The molecule has 1 aromatic rings. The van der Waals surface area contributed by atoms with Crippen molar-refractivity contribution in [1.82, 2.24) is 4.57 Å². The zero-order chi connectivity index (χ0) is 19.2. The lowest BCUT2D eigenvalue weighted by Gasteiger charge is -2.24. The minimum atomic E-state index is -3.85. The van der Waals surface area contributed by atoms with Crippen molar-refractivity contribution in [2.75, 3.05) is 12.9 Å². The van der Waals surface area contributed by atoms with Crippen LogP contribution in [0.2, 0.25) is 0 Å². The van der Waals surface area contributed by atoms with Crippen LogP contribution in [0.15, 0.2) is 18.3 Å². The number of hydrogen-bond donors (Lipinski definition) is 0. The van der Waals surface area contributed by atoms with Gasteiger partial charge in [-0.05, 0) is 11.0 Å². The fraction of sp³-hybridized carbons (Fsp3) is 0.538. The lowest BCUT2D eigenvalue weighted by atomic mass is 10.2. The molecule has 25 heavy (non-hydrogen) atoms. The van der Waals surface area contributed by atoms with Crippen molar-refractivity contribution in [2.45, 2.75) is 32.6 Å². The van der Waals surface area contributed by atoms with Crippen molar-refractivity contribution >= 4 is 27.9 Å². The van der Waals surface area contributed by atoms with Gasteiger partial charge in [0.25, 0.3) is 10.1 Å². The van der Waals surface area contributed by atoms with E-state index in [-0.39, 0.29) is 12.4 Å². The molecule has 0 saturated carbocycles. The van der Waals surface area contributed by atoms with Crippen LogP contribution in [0.25, 0.3) is 0 Å². The normalized spacial score (nSPS) is 13.7. The Morgan fingerprint density at radius 3 is 2.28 bits per heavy atom. The van der Waals surface area contributed by atoms with Gasteiger partial charge < -0.3 is 19.6 Å². The highest BCUT2D eigenvalue weighted by Crippen LogP contribution is 2.17. The molecule has 0 aliphatic carbocycles. The molecule has 0 bridgehead atoms. The van der Waals surface area contributed by atoms with Gasteiger partial charge in [-0.1, -0.05) is 0 Å². The zero-order valence-corrected chi connectivity index (χ0v) is 14.6. The summed E-state index contributed by atoms with van der Waals surface area (Å²) < 4.78 is 38.1. The van der Waals surface area contributed by atoms with Crippen LogP contribution in [0.5, 0.6) is 0 Å². The highest BCUT2D eigenvalue weighted by molar-refractivity contribution is 7.85. The first-order valence-electron chi connectivity index (χ1n) is 6.98. The maximum Gasteiger partial charge on any atom is 0.323 e. The molecule has 1 heterocycles. The number of rotatable bonds is 9. The minimum absolute atomic E-state index is 0.242. The van der Waals surface area contributed by atoms with Crippen LogP contribution < -0.4 is 0 Å². The van der Waals surface area contributed by atoms with Crippen molar-refractivity contribution in [3.8, 4) is 0 Å². The van der Waals surface area contributed by atoms with E-state index in [1.54, 1.807) is 0 Å². The van der Waals surface area contributed by atoms with E-state index in [2.05, 4.69) is 4.18 Å². The Bertz CT molecular complexity index is 740. The average molecular weight is 378 g/mol. The highest BCUT2D eigenvalue weighted by Gasteiger charge is 2.32. The number of ether oxygens (including phenoxy) is 2. The number of nitrogens with zero attached hydrogens (tertiary/aromatic N) is 2. The second kappa shape index (κ2) is 8.58. The van der Waals surface area contributed by atoms with Crippen LogP contribution in [-0.2, 0) is 39.9 Å². The maximum absolute atomic E-state index is 11.3. The predicted octanol–water partition coefficient (Wildman–Crippen LogP) is 0.236. The Morgan fingerprint density at radius 2 is 1.80 bits per heavy atom. The lowest BCUT2D eigenvalue weighted by Crippen LogP contribution is -2.41. The summed E-state index contributed by atoms with van der Waals surface area (Å²) in [5, 5.41) is 11.0. The van der Waals surface area contributed by atoms with Crippen LogP contribution in [0, 0.1) is 10.1 Å². The predicted molar refractivity (Wildman–Crippen MR) is 83.0 cm³/mol. The van der Waals surface area contributed by atoms with Crippen LogP contribution in [0.1, 0.15) is 13.8 Å². The SMILES string of the molecule is CC(=O)OC(COS(C)(=O)=O)C(Cn1cccc1[N+](=O)[O-])OC(C)=O. The Morgan fingerprint density at radius 1 is 1.24 bits per heavy atom. The van der Waals surface area contributed by atoms with E-state index in [1.807, 2.05) is 0 Å². The summed E-state index contributed by atoms with van der Waals surface area (Å²) >= 11 is 0. The van der Waals surface area contributed by atoms with Crippen molar-refractivity contribution in [1.29, 1.82) is 0 Å². The minimum Gasteiger partial charge on any atom is -0.456 e. The molecule has 0 aliphatic rings. The number of hydrogen-bond acceptors (Lipinski definition) is 9. The van der Waals surface area contributed by atoms with Gasteiger partial charge >= 0.3 is 17.8 Å². The van der Waals surface area contributed by atoms with Gasteiger partial charge in [-0.2, -0.15) is 8.42 Å². The standard InChI is InChI=1S/C13H18N2O9S/c1-9(16)23-11(7-14-6-4-5-13(14)15(18)19)12(24-10(2)17)8-22-25(3,20)21/h4-6,11-12H,7-8H2,1-3H3. The van der Waals surface area contributed by atoms with E-state index in [0.29, 0.717) is 0 Å². The molecule has 0 fully saturated rings. The molecule has 2 unspecified atom stereocenters. The highest BCUT2D eigenvalue weighted by atomic mass is 32.2. The van der Waals surface area contributed by atoms with Crippen LogP contribution in [0.3, 0.4) is 0 Å². The Kier molecular flexibility index (Phi) is 7.06. The van der Waals surface area contributed by atoms with E-state index in [9.17, 15) is 28.1 Å². The third kappa shape index (κ3) is 7.30. The first-order valence-corrected chi connectivity index (χ1v) is 8.79. The molecule has 140 valence electrons. The first-order chi connectivity index (χ1) is 11.5. The second-order valence-electron chi connectivity index (χ2n) is 5.06. The van der Waals surface area contributed by atoms with Crippen LogP contribution >= 0.6 is 0 Å². The van der Waals surface area contributed by atoms with E-state index < -0.39 is 45.8 Å². The summed E-state index contributed by atoms with van der Waals surface area (Å²) in [6.45, 7) is 1.33. The monoisotopic (exact) mass is 378 g/mol. The van der Waals surface area contributed by atoms with Crippen molar-refractivity contribution < 1.29 is 36.6 Å². The summed E-state index contributed by atoms with van der Waals surface area (Å²) in [7, 11) is -3.85. The van der Waals surface area contributed by atoms with E-state index in [4.69, 9.17) is 9.47 Å². The topological polar surface area (TPSA) is 144 Å². The van der Waals surface area contributed by atoms with Gasteiger partial charge in [-0.3, -0.25) is 13.8 Å². The molecule has 0 aromatic carbocycles. The number of aromatic nitrogens is 1. The summed E-state index contributed by atoms with van der Waals surface area (Å²) in [6.07, 6.45) is -0.306. The molecule has 1 aromatic heterocycles. The number of carbonyl (C=O) groups is 2. The van der Waals surface area contributed by atoms with Gasteiger partial charge in [-0.15, -0.1) is 0 Å². The molecule has 0 N–H and O–H groups in total. The molecule has 0 amide bonds. The van der Waals surface area contributed by atoms with Gasteiger partial charge in [-0.25, -0.2) is 4.57 Å². The molecule has 1 rings (SSSR count). The summed E-state index contributed by atoms with van der Waals surface area (Å²) in [4.78, 5) is 32.9. The molecule has 12 heteroatoms. The van der Waals surface area contributed by atoms with E-state index in [1.165, 1.54) is 22.9 Å². The van der Waals surface area contributed by atoms with Gasteiger partial charge in [0.1, 0.15) is 13.2 Å². The summed E-state index contributed by atoms with van der Waals surface area (Å²) in [5.41, 5.74) is 0. The van der Waals surface area contributed by atoms with Crippen molar-refractivity contribution in [3.05, 3.63) is 28.4 Å². The average Bonchev–Trinajstić information content (AvgIpc) is 2.89.